The van der Waals surface area contributed by atoms with Crippen molar-refractivity contribution >= 4 is 13.5 Å². The van der Waals surface area contributed by atoms with E-state index in [1.807, 2.05) is 0 Å². The number of phenols is 1. The van der Waals surface area contributed by atoms with Crippen LogP contribution in [0.25, 0.3) is 0 Å². The van der Waals surface area contributed by atoms with Crippen molar-refractivity contribution in [1.29, 1.82) is 0 Å². The summed E-state index contributed by atoms with van der Waals surface area (Å²) in [6.07, 6.45) is 0.191. The summed E-state index contributed by atoms with van der Waals surface area (Å²) in [6, 6.07) is 5.62. The first kappa shape index (κ1) is 19.2. The van der Waals surface area contributed by atoms with Crippen molar-refractivity contribution in [1.82, 2.24) is 5.09 Å². The predicted octanol–water partition coefficient (Wildman–Crippen LogP) is 0.528. The van der Waals surface area contributed by atoms with Crippen molar-refractivity contribution in [2.24, 2.45) is 0 Å². The summed E-state index contributed by atoms with van der Waals surface area (Å²) in [5, 5.41) is 42.5. The number of allylic oxidation sites excluding steroid dienone is 2. The smallest absolute Gasteiger partial charge is 0.427 e. The van der Waals surface area contributed by atoms with Gasteiger partial charge in [0.15, 0.2) is 5.78 Å². The lowest BCUT2D eigenvalue weighted by atomic mass is 9.83. The Morgan fingerprint density at radius 3 is 2.44 bits per heavy atom. The van der Waals surface area contributed by atoms with Crippen LogP contribution in [0, 0.1) is 0 Å². The van der Waals surface area contributed by atoms with Crippen molar-refractivity contribution in [2.45, 2.75) is 25.0 Å². The molecule has 1 unspecified atom stereocenters. The van der Waals surface area contributed by atoms with Crippen LogP contribution in [0.2, 0.25) is 0 Å². The fraction of sp³-hybridized carbons (Fsp3) is 0.267. The van der Waals surface area contributed by atoms with E-state index in [2.05, 4.69) is 0 Å². The highest BCUT2D eigenvalue weighted by atomic mass is 31.2. The number of carbonyl (C=O) groups excluding carboxylic acids is 1. The molecule has 0 fully saturated rings. The van der Waals surface area contributed by atoms with Crippen LogP contribution in [0.1, 0.15) is 24.8 Å². The molecule has 1 aromatic rings. The molecule has 0 amide bonds. The third kappa shape index (κ3) is 4.28. The Morgan fingerprint density at radius 2 is 1.88 bits per heavy atom. The Bertz CT molecular complexity index is 808. The number of benzene rings is 1. The summed E-state index contributed by atoms with van der Waals surface area (Å²) >= 11 is 0. The lowest BCUT2D eigenvalue weighted by Gasteiger charge is -2.34. The fourth-order valence-electron chi connectivity index (χ4n) is 2.62. The van der Waals surface area contributed by atoms with E-state index < -0.39 is 48.7 Å². The molecular formula is C15H18NO8P. The molecule has 0 spiro atoms. The Hall–Kier alpha value is -2.16. The van der Waals surface area contributed by atoms with Gasteiger partial charge in [-0.15, -0.1) is 0 Å². The van der Waals surface area contributed by atoms with Crippen LogP contribution >= 0.6 is 7.75 Å². The minimum atomic E-state index is -4.86. The molecular weight excluding hydrogens is 353 g/mol. The van der Waals surface area contributed by atoms with Crippen LogP contribution in [-0.2, 0) is 9.36 Å². The number of nitrogens with one attached hydrogen (secondary N) is 1. The van der Waals surface area contributed by atoms with E-state index in [1.165, 1.54) is 31.2 Å². The number of hydrogen-bond acceptors (Lipinski definition) is 6. The third-order valence-corrected chi connectivity index (χ3v) is 4.39. The molecule has 1 aliphatic carbocycles. The number of aliphatic hydroxyl groups is 3. The van der Waals surface area contributed by atoms with Gasteiger partial charge in [0.2, 0.25) is 5.79 Å². The summed E-state index contributed by atoms with van der Waals surface area (Å²) in [5.74, 6) is -5.51. The summed E-state index contributed by atoms with van der Waals surface area (Å²) < 4.78 is 11.2. The second kappa shape index (κ2) is 6.62. The van der Waals surface area contributed by atoms with Gasteiger partial charge in [-0.3, -0.25) is 9.88 Å². The molecule has 1 atom stereocenters. The number of aliphatic hydroxyl groups excluding tert-OH is 1. The standard InChI is InChI=1S/C15H18NO8P/c1-8(9-3-2-4-10(17)5-9)15(20,21)14-12(16-25(22,23)24)6-11(18)7-13(14)19/h2-5,7-8,17,19-21H,6H2,1H3,(H3,16,22,23,24). The quantitative estimate of drug-likeness (QED) is 0.288. The zero-order chi connectivity index (χ0) is 19.0. The maximum Gasteiger partial charge on any atom is 0.427 e. The Balaban J connectivity index is 2.55. The van der Waals surface area contributed by atoms with Gasteiger partial charge in [-0.25, -0.2) is 4.57 Å². The molecule has 0 aromatic heterocycles. The molecule has 0 saturated carbocycles. The van der Waals surface area contributed by atoms with Gasteiger partial charge in [-0.1, -0.05) is 19.1 Å². The highest BCUT2D eigenvalue weighted by molar-refractivity contribution is 7.49. The van der Waals surface area contributed by atoms with E-state index in [4.69, 9.17) is 9.79 Å². The number of aromatic hydroxyl groups is 1. The van der Waals surface area contributed by atoms with Crippen LogP contribution < -0.4 is 5.09 Å². The van der Waals surface area contributed by atoms with Crippen LogP contribution in [0.5, 0.6) is 5.75 Å². The van der Waals surface area contributed by atoms with E-state index in [-0.39, 0.29) is 11.3 Å². The molecule has 1 aliphatic rings. The number of rotatable bonds is 5. The van der Waals surface area contributed by atoms with Gasteiger partial charge in [0.1, 0.15) is 11.5 Å². The molecule has 7 N–H and O–H groups in total. The lowest BCUT2D eigenvalue weighted by molar-refractivity contribution is -0.145. The highest BCUT2D eigenvalue weighted by Crippen LogP contribution is 2.41. The van der Waals surface area contributed by atoms with Gasteiger partial charge < -0.3 is 30.2 Å². The topological polar surface area (TPSA) is 168 Å². The molecule has 9 nitrogen and oxygen atoms in total. The van der Waals surface area contributed by atoms with Crippen molar-refractivity contribution in [3.05, 3.63) is 52.9 Å². The normalized spacial score (nSPS) is 17.3. The van der Waals surface area contributed by atoms with Gasteiger partial charge >= 0.3 is 7.75 Å². The average molecular weight is 371 g/mol. The minimum Gasteiger partial charge on any atom is -0.508 e. The van der Waals surface area contributed by atoms with E-state index in [0.29, 0.717) is 0 Å². The largest absolute Gasteiger partial charge is 0.508 e. The fourth-order valence-corrected chi connectivity index (χ4v) is 3.16. The van der Waals surface area contributed by atoms with Gasteiger partial charge in [-0.2, -0.15) is 0 Å². The number of ketones is 1. The van der Waals surface area contributed by atoms with Crippen LogP contribution in [-0.4, -0.2) is 41.8 Å². The monoisotopic (exact) mass is 371 g/mol. The highest BCUT2D eigenvalue weighted by Gasteiger charge is 2.43. The predicted molar refractivity (Wildman–Crippen MR) is 86.2 cm³/mol. The minimum absolute atomic E-state index is 0.124. The van der Waals surface area contributed by atoms with Gasteiger partial charge in [-0.05, 0) is 17.7 Å². The van der Waals surface area contributed by atoms with Gasteiger partial charge in [0.25, 0.3) is 0 Å². The molecule has 0 bridgehead atoms. The van der Waals surface area contributed by atoms with Crippen molar-refractivity contribution in [2.75, 3.05) is 0 Å². The van der Waals surface area contributed by atoms with Gasteiger partial charge in [0, 0.05) is 17.7 Å². The molecule has 0 saturated heterocycles. The molecule has 0 radical (unpaired) electrons. The Morgan fingerprint density at radius 1 is 1.24 bits per heavy atom. The summed E-state index contributed by atoms with van der Waals surface area (Å²) in [6.45, 7) is 1.38. The maximum atomic E-state index is 11.6. The summed E-state index contributed by atoms with van der Waals surface area (Å²) in [7, 11) is -4.86. The molecule has 25 heavy (non-hydrogen) atoms. The lowest BCUT2D eigenvalue weighted by Crippen LogP contribution is -2.41. The summed E-state index contributed by atoms with van der Waals surface area (Å²) in [5.41, 5.74) is -0.820. The summed E-state index contributed by atoms with van der Waals surface area (Å²) in [4.78, 5) is 29.7. The number of carbonyl (C=O) groups is 1. The molecule has 1 aromatic carbocycles. The Labute approximate surface area is 142 Å². The first-order valence-electron chi connectivity index (χ1n) is 7.17. The van der Waals surface area contributed by atoms with Crippen LogP contribution in [0.4, 0.5) is 0 Å². The zero-order valence-electron chi connectivity index (χ0n) is 13.1. The van der Waals surface area contributed by atoms with E-state index in [1.54, 1.807) is 5.09 Å². The zero-order valence-corrected chi connectivity index (χ0v) is 14.0. The van der Waals surface area contributed by atoms with Gasteiger partial charge in [0.05, 0.1) is 12.0 Å². The molecule has 10 heteroatoms. The van der Waals surface area contributed by atoms with Crippen molar-refractivity contribution in [3.63, 3.8) is 0 Å². The van der Waals surface area contributed by atoms with Crippen LogP contribution in [0.3, 0.4) is 0 Å². The maximum absolute atomic E-state index is 11.6. The van der Waals surface area contributed by atoms with Crippen molar-refractivity contribution < 1.29 is 39.6 Å². The Kier molecular flexibility index (Phi) is 5.08. The third-order valence-electron chi connectivity index (χ3n) is 3.83. The van der Waals surface area contributed by atoms with Crippen LogP contribution in [0.15, 0.2) is 47.4 Å². The van der Waals surface area contributed by atoms with E-state index in [9.17, 15) is 29.8 Å². The number of hydrogen-bond donors (Lipinski definition) is 7. The average Bonchev–Trinajstić information content (AvgIpc) is 2.43. The molecule has 136 valence electrons. The SMILES string of the molecule is CC(c1cccc(O)c1)C(O)(O)C1=C(NP(=O)(O)O)CC(=O)C=C1O. The van der Waals surface area contributed by atoms with E-state index in [0.717, 1.165) is 6.08 Å². The molecule has 0 heterocycles. The number of phenolic OH excluding ortho intramolecular Hbond substituents is 1. The first-order chi connectivity index (χ1) is 11.4. The first-order valence-corrected chi connectivity index (χ1v) is 8.78. The molecule has 0 aliphatic heterocycles. The molecule has 2 rings (SSSR count). The van der Waals surface area contributed by atoms with E-state index >= 15 is 0 Å². The second-order valence-electron chi connectivity index (χ2n) is 5.72. The second-order valence-corrected chi connectivity index (χ2v) is 7.04. The van der Waals surface area contributed by atoms with Crippen molar-refractivity contribution in [3.8, 4) is 5.75 Å².